The largest absolute Gasteiger partial charge is 0.495 e. The summed E-state index contributed by atoms with van der Waals surface area (Å²) in [7, 11) is 1.54. The Balaban J connectivity index is 0.00000126. The monoisotopic (exact) mass is 407 g/mol. The normalized spacial score (nSPS) is 10.4. The number of nitrogens with zero attached hydrogens (tertiary/aromatic N) is 1. The molecule has 4 nitrogen and oxygen atoms in total. The van der Waals surface area contributed by atoms with Crippen LogP contribution in [0.2, 0.25) is 10.0 Å². The molecule has 3 aromatic rings. The van der Waals surface area contributed by atoms with E-state index in [1.807, 2.05) is 51.1 Å². The van der Waals surface area contributed by atoms with Gasteiger partial charge in [-0.2, -0.15) is 0 Å². The second kappa shape index (κ2) is 9.16. The molecule has 0 bridgehead atoms. The number of hydrogen-bond acceptors (Lipinski definition) is 2. The number of carbonyl (C=O) groups is 1. The number of carboxylic acids is 1. The topological polar surface area (TPSA) is 51.5 Å². The number of fused-ring (bicyclic) bond motifs is 1. The number of rotatable bonds is 5. The van der Waals surface area contributed by atoms with Gasteiger partial charge in [-0.1, -0.05) is 49.2 Å². The molecule has 0 aliphatic rings. The van der Waals surface area contributed by atoms with Gasteiger partial charge in [0, 0.05) is 22.6 Å². The number of methoxy groups -OCH3 is 1. The van der Waals surface area contributed by atoms with Crippen molar-refractivity contribution in [1.82, 2.24) is 4.57 Å². The molecule has 0 atom stereocenters. The van der Waals surface area contributed by atoms with Gasteiger partial charge in [0.2, 0.25) is 0 Å². The number of benzene rings is 2. The van der Waals surface area contributed by atoms with Crippen molar-refractivity contribution in [2.45, 2.75) is 33.7 Å². The first kappa shape index (κ1) is 21.1. The van der Waals surface area contributed by atoms with Gasteiger partial charge < -0.3 is 14.4 Å². The molecule has 0 aliphatic heterocycles. The Hall–Kier alpha value is -2.17. The summed E-state index contributed by atoms with van der Waals surface area (Å²) < 4.78 is 7.36. The Kier molecular flexibility index (Phi) is 7.17. The second-order valence-electron chi connectivity index (χ2n) is 5.85. The van der Waals surface area contributed by atoms with Crippen LogP contribution in [0.3, 0.4) is 0 Å². The third-order valence-electron chi connectivity index (χ3n) is 4.31. The first-order valence-electron chi connectivity index (χ1n) is 8.72. The maximum absolute atomic E-state index is 11.3. The molecule has 144 valence electrons. The molecule has 0 fully saturated rings. The summed E-state index contributed by atoms with van der Waals surface area (Å²) in [6.07, 6.45) is -0.0548. The Bertz CT molecular complexity index is 946. The lowest BCUT2D eigenvalue weighted by Crippen LogP contribution is -2.05. The summed E-state index contributed by atoms with van der Waals surface area (Å²) in [6.45, 7) is 6.52. The van der Waals surface area contributed by atoms with Crippen molar-refractivity contribution >= 4 is 40.1 Å². The zero-order chi connectivity index (χ0) is 20.1. The number of aromatic nitrogens is 1. The van der Waals surface area contributed by atoms with E-state index in [1.165, 1.54) is 0 Å². The van der Waals surface area contributed by atoms with E-state index in [1.54, 1.807) is 13.2 Å². The van der Waals surface area contributed by atoms with Gasteiger partial charge >= 0.3 is 5.97 Å². The van der Waals surface area contributed by atoms with E-state index in [4.69, 9.17) is 27.9 Å². The third kappa shape index (κ3) is 4.57. The fourth-order valence-electron chi connectivity index (χ4n) is 3.05. The van der Waals surface area contributed by atoms with Crippen LogP contribution in [0.5, 0.6) is 5.75 Å². The van der Waals surface area contributed by atoms with Crippen LogP contribution in [0.1, 0.15) is 30.7 Å². The van der Waals surface area contributed by atoms with Crippen LogP contribution in [0.4, 0.5) is 0 Å². The van der Waals surface area contributed by atoms with E-state index in [2.05, 4.69) is 4.57 Å². The second-order valence-corrected chi connectivity index (χ2v) is 6.69. The van der Waals surface area contributed by atoms with Gasteiger partial charge in [0.25, 0.3) is 0 Å². The molecule has 1 heterocycles. The molecule has 3 rings (SSSR count). The van der Waals surface area contributed by atoms with Crippen molar-refractivity contribution in [3.05, 3.63) is 63.3 Å². The first-order chi connectivity index (χ1) is 12.9. The van der Waals surface area contributed by atoms with Crippen molar-refractivity contribution in [2.24, 2.45) is 0 Å². The molecular weight excluding hydrogens is 385 g/mol. The fourth-order valence-corrected chi connectivity index (χ4v) is 3.41. The zero-order valence-corrected chi connectivity index (χ0v) is 17.4. The third-order valence-corrected chi connectivity index (χ3v) is 4.86. The van der Waals surface area contributed by atoms with Gasteiger partial charge in [-0.15, -0.1) is 0 Å². The van der Waals surface area contributed by atoms with Crippen LogP contribution >= 0.6 is 23.2 Å². The summed E-state index contributed by atoms with van der Waals surface area (Å²) in [5.41, 5.74) is 3.62. The van der Waals surface area contributed by atoms with Crippen molar-refractivity contribution in [3.8, 4) is 5.75 Å². The van der Waals surface area contributed by atoms with Crippen LogP contribution < -0.4 is 4.74 Å². The Morgan fingerprint density at radius 1 is 1.15 bits per heavy atom. The molecule has 1 aromatic heterocycles. The predicted octanol–water partition coefficient (Wildman–Crippen LogP) is 5.97. The minimum absolute atomic E-state index is 0.0548. The van der Waals surface area contributed by atoms with Gasteiger partial charge in [0.1, 0.15) is 5.75 Å². The smallest absolute Gasteiger partial charge is 0.307 e. The fraction of sp³-hybridized carbons (Fsp3) is 0.286. The lowest BCUT2D eigenvalue weighted by molar-refractivity contribution is -0.136. The summed E-state index contributed by atoms with van der Waals surface area (Å²) >= 11 is 12.2. The molecule has 27 heavy (non-hydrogen) atoms. The highest BCUT2D eigenvalue weighted by Gasteiger charge is 2.19. The lowest BCUT2D eigenvalue weighted by atomic mass is 10.1. The van der Waals surface area contributed by atoms with E-state index >= 15 is 0 Å². The maximum atomic E-state index is 11.3. The molecule has 0 spiro atoms. The highest BCUT2D eigenvalue weighted by atomic mass is 35.5. The Morgan fingerprint density at radius 3 is 2.33 bits per heavy atom. The van der Waals surface area contributed by atoms with Crippen molar-refractivity contribution in [2.75, 3.05) is 7.11 Å². The van der Waals surface area contributed by atoms with Crippen LogP contribution in [0, 0.1) is 6.92 Å². The first-order valence-corrected chi connectivity index (χ1v) is 9.47. The minimum atomic E-state index is -0.873. The molecule has 0 radical (unpaired) electrons. The van der Waals surface area contributed by atoms with Crippen LogP contribution in [0.15, 0.2) is 36.4 Å². The lowest BCUT2D eigenvalue weighted by Gasteiger charge is -2.10. The highest BCUT2D eigenvalue weighted by molar-refractivity contribution is 6.33. The Morgan fingerprint density at radius 2 is 1.78 bits per heavy atom. The SMILES string of the molecule is CC.COc1cc2c(CC(=O)O)c(C)n(Cc3ccc(Cl)cc3)c2cc1Cl. The number of ether oxygens (including phenoxy) is 1. The van der Waals surface area contributed by atoms with Gasteiger partial charge in [-0.05, 0) is 42.3 Å². The van der Waals surface area contributed by atoms with Crippen LogP contribution in [0.25, 0.3) is 10.9 Å². The van der Waals surface area contributed by atoms with Crippen molar-refractivity contribution in [1.29, 1.82) is 0 Å². The molecule has 0 saturated carbocycles. The van der Waals surface area contributed by atoms with Crippen LogP contribution in [-0.4, -0.2) is 22.8 Å². The Labute approximate surface area is 169 Å². The van der Waals surface area contributed by atoms with E-state index < -0.39 is 5.97 Å². The number of carboxylic acid groups (broad SMARTS) is 1. The molecule has 0 unspecified atom stereocenters. The quantitative estimate of drug-likeness (QED) is 0.566. The molecule has 6 heteroatoms. The van der Waals surface area contributed by atoms with Gasteiger partial charge in [0.05, 0.1) is 24.1 Å². The van der Waals surface area contributed by atoms with E-state index in [0.717, 1.165) is 27.7 Å². The predicted molar refractivity (Wildman–Crippen MR) is 111 cm³/mol. The van der Waals surface area contributed by atoms with E-state index in [9.17, 15) is 9.90 Å². The number of hydrogen-bond donors (Lipinski definition) is 1. The number of aliphatic carboxylic acids is 1. The van der Waals surface area contributed by atoms with Crippen molar-refractivity contribution in [3.63, 3.8) is 0 Å². The van der Waals surface area contributed by atoms with Crippen LogP contribution in [-0.2, 0) is 17.8 Å². The summed E-state index contributed by atoms with van der Waals surface area (Å²) in [5, 5.41) is 11.3. The molecule has 2 aromatic carbocycles. The summed E-state index contributed by atoms with van der Waals surface area (Å²) in [4.78, 5) is 11.3. The average molecular weight is 408 g/mol. The molecule has 0 aliphatic carbocycles. The standard InChI is InChI=1S/C19H17Cl2NO3.C2H6/c1-11-14(8-19(23)24)15-7-18(25-2)16(21)9-17(15)22(11)10-12-3-5-13(20)6-4-12;1-2/h3-7,9H,8,10H2,1-2H3,(H,23,24);1-2H3. The molecule has 0 saturated heterocycles. The molecule has 0 amide bonds. The maximum Gasteiger partial charge on any atom is 0.307 e. The number of halogens is 2. The van der Waals surface area contributed by atoms with Crippen molar-refractivity contribution < 1.29 is 14.6 Å². The zero-order valence-electron chi connectivity index (χ0n) is 15.8. The average Bonchev–Trinajstić information content (AvgIpc) is 2.89. The van der Waals surface area contributed by atoms with E-state index in [-0.39, 0.29) is 6.42 Å². The van der Waals surface area contributed by atoms with Gasteiger partial charge in [0.15, 0.2) is 0 Å². The molecule has 1 N–H and O–H groups in total. The summed E-state index contributed by atoms with van der Waals surface area (Å²) in [5.74, 6) is -0.341. The highest BCUT2D eigenvalue weighted by Crippen LogP contribution is 2.35. The summed E-state index contributed by atoms with van der Waals surface area (Å²) in [6, 6.07) is 11.2. The van der Waals surface area contributed by atoms with Gasteiger partial charge in [-0.25, -0.2) is 0 Å². The van der Waals surface area contributed by atoms with E-state index in [0.29, 0.717) is 22.3 Å². The minimum Gasteiger partial charge on any atom is -0.495 e. The molecular formula is C21H23Cl2NO3. The van der Waals surface area contributed by atoms with Gasteiger partial charge in [-0.3, -0.25) is 4.79 Å².